The maximum atomic E-state index is 4.83. The quantitative estimate of drug-likeness (QED) is 0.345. The number of aliphatic imine (C=N–C) groups is 1. The zero-order chi connectivity index (χ0) is 17.0. The fraction of sp³-hybridized carbons (Fsp3) is 0.947. The normalized spacial score (nSPS) is 21.4. The Labute approximate surface area is 172 Å². The van der Waals surface area contributed by atoms with E-state index >= 15 is 0 Å². The van der Waals surface area contributed by atoms with Crippen LogP contribution in [-0.2, 0) is 0 Å². The summed E-state index contributed by atoms with van der Waals surface area (Å²) in [6.45, 7) is 13.6. The van der Waals surface area contributed by atoms with Crippen molar-refractivity contribution in [3.63, 3.8) is 0 Å². The molecule has 2 aliphatic heterocycles. The number of hydrogen-bond acceptors (Lipinski definition) is 3. The molecule has 2 N–H and O–H groups in total. The van der Waals surface area contributed by atoms with Gasteiger partial charge in [-0.05, 0) is 58.7 Å². The smallest absolute Gasteiger partial charge is 0.191 e. The highest BCUT2D eigenvalue weighted by Gasteiger charge is 2.19. The standard InChI is InChI=1S/C19H39N5.HI/c1-3-12-23-15-9-18(10-16-23)22-19(20-4-2)21-11-17-24-13-7-5-6-8-14-24;/h18H,3-17H2,1-2H3,(H2,20,21,22);1H. The second-order valence-corrected chi connectivity index (χ2v) is 7.28. The van der Waals surface area contributed by atoms with E-state index in [0.717, 1.165) is 25.6 Å². The highest BCUT2D eigenvalue weighted by atomic mass is 127. The summed E-state index contributed by atoms with van der Waals surface area (Å²) in [6, 6.07) is 0.578. The molecule has 0 aliphatic carbocycles. The Bertz CT molecular complexity index is 348. The average molecular weight is 465 g/mol. The molecular weight excluding hydrogens is 425 g/mol. The number of guanidine groups is 1. The van der Waals surface area contributed by atoms with Gasteiger partial charge in [0.15, 0.2) is 5.96 Å². The molecule has 0 bridgehead atoms. The molecule has 0 aromatic heterocycles. The van der Waals surface area contributed by atoms with E-state index in [9.17, 15) is 0 Å². The number of halogens is 1. The summed E-state index contributed by atoms with van der Waals surface area (Å²) in [5, 5.41) is 7.09. The Kier molecular flexibility index (Phi) is 12.9. The number of nitrogens with one attached hydrogen (secondary N) is 2. The monoisotopic (exact) mass is 465 g/mol. The summed E-state index contributed by atoms with van der Waals surface area (Å²) in [6.07, 6.45) is 9.25. The van der Waals surface area contributed by atoms with Gasteiger partial charge in [0.25, 0.3) is 0 Å². The minimum absolute atomic E-state index is 0. The van der Waals surface area contributed by atoms with E-state index < -0.39 is 0 Å². The molecule has 0 saturated carbocycles. The lowest BCUT2D eigenvalue weighted by molar-refractivity contribution is 0.206. The molecular formula is C19H40IN5. The third-order valence-corrected chi connectivity index (χ3v) is 5.20. The third-order valence-electron chi connectivity index (χ3n) is 5.20. The molecule has 2 aliphatic rings. The van der Waals surface area contributed by atoms with Crippen LogP contribution in [0.4, 0.5) is 0 Å². The number of piperidine rings is 1. The molecule has 0 spiro atoms. The molecule has 2 heterocycles. The highest BCUT2D eigenvalue weighted by Crippen LogP contribution is 2.11. The SMILES string of the molecule is CCCN1CCC(NC(=NCCN2CCCCCC2)NCC)CC1.I. The summed E-state index contributed by atoms with van der Waals surface area (Å²) in [4.78, 5) is 10.00. The molecule has 2 rings (SSSR count). The van der Waals surface area contributed by atoms with Crippen molar-refractivity contribution in [1.82, 2.24) is 20.4 Å². The average Bonchev–Trinajstić information content (AvgIpc) is 2.86. The van der Waals surface area contributed by atoms with E-state index in [1.807, 2.05) is 0 Å². The zero-order valence-electron chi connectivity index (χ0n) is 16.4. The molecule has 2 saturated heterocycles. The van der Waals surface area contributed by atoms with Gasteiger partial charge >= 0.3 is 0 Å². The van der Waals surface area contributed by atoms with Crippen molar-refractivity contribution in [3.8, 4) is 0 Å². The summed E-state index contributed by atoms with van der Waals surface area (Å²) in [5.41, 5.74) is 0. The minimum atomic E-state index is 0. The molecule has 2 fully saturated rings. The number of nitrogens with zero attached hydrogens (tertiary/aromatic N) is 3. The molecule has 0 unspecified atom stereocenters. The predicted octanol–water partition coefficient (Wildman–Crippen LogP) is 2.91. The maximum Gasteiger partial charge on any atom is 0.191 e. The number of rotatable bonds is 7. The maximum absolute atomic E-state index is 4.83. The first-order valence-corrected chi connectivity index (χ1v) is 10.3. The summed E-state index contributed by atoms with van der Waals surface area (Å²) in [7, 11) is 0. The van der Waals surface area contributed by atoms with E-state index in [4.69, 9.17) is 4.99 Å². The lowest BCUT2D eigenvalue weighted by Crippen LogP contribution is -2.49. The van der Waals surface area contributed by atoms with Crippen LogP contribution >= 0.6 is 24.0 Å². The van der Waals surface area contributed by atoms with Crippen LogP contribution in [0, 0.1) is 0 Å². The van der Waals surface area contributed by atoms with E-state index in [2.05, 4.69) is 34.3 Å². The largest absolute Gasteiger partial charge is 0.357 e. The fourth-order valence-corrected chi connectivity index (χ4v) is 3.79. The first-order chi connectivity index (χ1) is 11.8. The first-order valence-electron chi connectivity index (χ1n) is 10.3. The molecule has 0 aromatic rings. The van der Waals surface area contributed by atoms with Crippen LogP contribution < -0.4 is 10.6 Å². The van der Waals surface area contributed by atoms with Gasteiger partial charge in [-0.1, -0.05) is 19.8 Å². The topological polar surface area (TPSA) is 42.9 Å². The second kappa shape index (κ2) is 14.0. The first kappa shape index (κ1) is 23.0. The Morgan fingerprint density at radius 2 is 1.56 bits per heavy atom. The Hall–Kier alpha value is -0.0800. The van der Waals surface area contributed by atoms with Crippen molar-refractivity contribution in [2.45, 2.75) is 64.8 Å². The molecule has 0 radical (unpaired) electrons. The van der Waals surface area contributed by atoms with Crippen LogP contribution in [0.3, 0.4) is 0 Å². The van der Waals surface area contributed by atoms with Crippen molar-refractivity contribution in [3.05, 3.63) is 0 Å². The van der Waals surface area contributed by atoms with Gasteiger partial charge in [-0.25, -0.2) is 0 Å². The molecule has 0 amide bonds. The summed E-state index contributed by atoms with van der Waals surface area (Å²) < 4.78 is 0. The van der Waals surface area contributed by atoms with Crippen LogP contribution in [-0.4, -0.2) is 74.2 Å². The minimum Gasteiger partial charge on any atom is -0.357 e. The Balaban J connectivity index is 0.00000312. The van der Waals surface area contributed by atoms with Crippen molar-refractivity contribution in [2.24, 2.45) is 4.99 Å². The Morgan fingerprint density at radius 3 is 2.16 bits per heavy atom. The van der Waals surface area contributed by atoms with E-state index in [1.165, 1.54) is 77.7 Å². The van der Waals surface area contributed by atoms with Crippen molar-refractivity contribution >= 4 is 29.9 Å². The van der Waals surface area contributed by atoms with Gasteiger partial charge in [0.1, 0.15) is 0 Å². The van der Waals surface area contributed by atoms with Gasteiger partial charge in [-0.2, -0.15) is 0 Å². The number of likely N-dealkylation sites (tertiary alicyclic amines) is 2. The van der Waals surface area contributed by atoms with Crippen LogP contribution in [0.5, 0.6) is 0 Å². The van der Waals surface area contributed by atoms with Gasteiger partial charge in [-0.3, -0.25) is 4.99 Å². The fourth-order valence-electron chi connectivity index (χ4n) is 3.79. The molecule has 148 valence electrons. The zero-order valence-corrected chi connectivity index (χ0v) is 18.8. The molecule has 0 atom stereocenters. The molecule has 5 nitrogen and oxygen atoms in total. The van der Waals surface area contributed by atoms with Gasteiger partial charge < -0.3 is 20.4 Å². The van der Waals surface area contributed by atoms with Crippen LogP contribution in [0.25, 0.3) is 0 Å². The second-order valence-electron chi connectivity index (χ2n) is 7.28. The molecule has 0 aromatic carbocycles. The van der Waals surface area contributed by atoms with E-state index in [1.54, 1.807) is 0 Å². The van der Waals surface area contributed by atoms with Crippen molar-refractivity contribution in [2.75, 3.05) is 52.4 Å². The lowest BCUT2D eigenvalue weighted by atomic mass is 10.1. The Morgan fingerprint density at radius 1 is 0.920 bits per heavy atom. The molecule has 25 heavy (non-hydrogen) atoms. The lowest BCUT2D eigenvalue weighted by Gasteiger charge is -2.32. The van der Waals surface area contributed by atoms with E-state index in [0.29, 0.717) is 6.04 Å². The highest BCUT2D eigenvalue weighted by molar-refractivity contribution is 14.0. The van der Waals surface area contributed by atoms with Gasteiger partial charge in [0, 0.05) is 32.2 Å². The van der Waals surface area contributed by atoms with Crippen LogP contribution in [0.15, 0.2) is 4.99 Å². The molecule has 6 heteroatoms. The van der Waals surface area contributed by atoms with Crippen LogP contribution in [0.1, 0.15) is 58.8 Å². The van der Waals surface area contributed by atoms with E-state index in [-0.39, 0.29) is 24.0 Å². The van der Waals surface area contributed by atoms with Crippen molar-refractivity contribution in [1.29, 1.82) is 0 Å². The number of hydrogen-bond donors (Lipinski definition) is 2. The summed E-state index contributed by atoms with van der Waals surface area (Å²) in [5.74, 6) is 1.02. The predicted molar refractivity (Wildman–Crippen MR) is 119 cm³/mol. The summed E-state index contributed by atoms with van der Waals surface area (Å²) >= 11 is 0. The van der Waals surface area contributed by atoms with Gasteiger partial charge in [0.2, 0.25) is 0 Å². The van der Waals surface area contributed by atoms with Crippen LogP contribution in [0.2, 0.25) is 0 Å². The third kappa shape index (κ3) is 9.43. The van der Waals surface area contributed by atoms with Gasteiger partial charge in [-0.15, -0.1) is 24.0 Å². The van der Waals surface area contributed by atoms with Gasteiger partial charge in [0.05, 0.1) is 6.54 Å². The van der Waals surface area contributed by atoms with Crippen molar-refractivity contribution < 1.29 is 0 Å².